The Hall–Kier alpha value is -0.730. The molecule has 2 unspecified atom stereocenters. The van der Waals surface area contributed by atoms with E-state index in [-0.39, 0.29) is 6.42 Å². The second kappa shape index (κ2) is 4.51. The first-order chi connectivity index (χ1) is 8.30. The lowest BCUT2D eigenvalue weighted by Gasteiger charge is -2.41. The van der Waals surface area contributed by atoms with Crippen molar-refractivity contribution in [2.24, 2.45) is 5.73 Å². The molecule has 7 nitrogen and oxygen atoms in total. The number of hydrogen-bond acceptors (Lipinski definition) is 6. The van der Waals surface area contributed by atoms with Crippen molar-refractivity contribution in [2.45, 2.75) is 49.7 Å². The van der Waals surface area contributed by atoms with Gasteiger partial charge in [0.05, 0.1) is 6.61 Å². The summed E-state index contributed by atoms with van der Waals surface area (Å²) in [4.78, 5) is 11.3. The van der Waals surface area contributed by atoms with E-state index in [1.54, 1.807) is 0 Å². The molecule has 5 atom stereocenters. The van der Waals surface area contributed by atoms with Crippen LogP contribution in [0.3, 0.4) is 0 Å². The van der Waals surface area contributed by atoms with Crippen LogP contribution in [0, 0.1) is 0 Å². The average molecular weight is 250 g/mol. The van der Waals surface area contributed by atoms with Crippen LogP contribution in [0.15, 0.2) is 0 Å². The van der Waals surface area contributed by atoms with Gasteiger partial charge in [0, 0.05) is 1.37 Å². The summed E-state index contributed by atoms with van der Waals surface area (Å²) < 4.78 is 12.7. The van der Waals surface area contributed by atoms with Gasteiger partial charge in [0.2, 0.25) is 0 Å². The van der Waals surface area contributed by atoms with Gasteiger partial charge in [-0.3, -0.25) is 4.79 Å². The Labute approximate surface area is 100 Å². The van der Waals surface area contributed by atoms with Crippen molar-refractivity contribution in [1.82, 2.24) is 0 Å². The lowest BCUT2D eigenvalue weighted by atomic mass is 9.75. The van der Waals surface area contributed by atoms with E-state index in [1.165, 1.54) is 6.92 Å². The minimum atomic E-state index is -2.01. The Morgan fingerprint density at radius 1 is 1.65 bits per heavy atom. The molecule has 1 aliphatic rings. The van der Waals surface area contributed by atoms with Crippen LogP contribution in [0.25, 0.3) is 0 Å². The molecule has 1 heterocycles. The van der Waals surface area contributed by atoms with Gasteiger partial charge < -0.3 is 30.9 Å². The molecule has 0 aromatic carbocycles. The van der Waals surface area contributed by atoms with Gasteiger partial charge in [0.15, 0.2) is 0 Å². The van der Waals surface area contributed by atoms with Gasteiger partial charge in [-0.15, -0.1) is 0 Å². The smallest absolute Gasteiger partial charge is 0.326 e. The summed E-state index contributed by atoms with van der Waals surface area (Å²) in [6.07, 6.45) is -4.37. The number of carboxylic acids is 1. The number of aliphatic hydroxyl groups is 3. The fourth-order valence-corrected chi connectivity index (χ4v) is 2.03. The topological polar surface area (TPSA) is 133 Å². The van der Waals surface area contributed by atoms with Gasteiger partial charge in [-0.1, -0.05) is 6.92 Å². The molecule has 100 valence electrons. The van der Waals surface area contributed by atoms with E-state index in [4.69, 9.17) is 16.9 Å². The quantitative estimate of drug-likeness (QED) is 0.391. The summed E-state index contributed by atoms with van der Waals surface area (Å²) in [5.74, 6) is -1.43. The molecule has 1 saturated heterocycles. The maximum absolute atomic E-state index is 11.3. The SMILES string of the molecule is [2H]CC1(C(N)(CC)C(=O)O)O[C@H](CO)[C@@H](O)[C@@H]1O. The zero-order valence-corrected chi connectivity index (χ0v) is 9.54. The van der Waals surface area contributed by atoms with E-state index in [0.29, 0.717) is 0 Å². The van der Waals surface area contributed by atoms with Crippen molar-refractivity contribution in [3.63, 3.8) is 0 Å². The van der Waals surface area contributed by atoms with Crippen molar-refractivity contribution in [2.75, 3.05) is 6.61 Å². The first-order valence-electron chi connectivity index (χ1n) is 5.97. The fraction of sp³-hybridized carbons (Fsp3) is 0.900. The molecule has 1 fully saturated rings. The number of ether oxygens (including phenoxy) is 1. The molecular weight excluding hydrogens is 230 g/mol. The Balaban J connectivity index is 3.25. The van der Waals surface area contributed by atoms with Crippen LogP contribution in [0.2, 0.25) is 0 Å². The van der Waals surface area contributed by atoms with Gasteiger partial charge in [-0.25, -0.2) is 0 Å². The number of hydrogen-bond donors (Lipinski definition) is 5. The highest BCUT2D eigenvalue weighted by Crippen LogP contribution is 2.39. The number of rotatable bonds is 4. The zero-order valence-electron chi connectivity index (χ0n) is 10.5. The maximum atomic E-state index is 11.3. The van der Waals surface area contributed by atoms with E-state index in [1.807, 2.05) is 0 Å². The number of carbonyl (C=O) groups is 1. The van der Waals surface area contributed by atoms with Gasteiger partial charge in [-0.2, -0.15) is 0 Å². The summed E-state index contributed by atoms with van der Waals surface area (Å²) in [7, 11) is 0. The van der Waals surface area contributed by atoms with E-state index in [0.717, 1.165) is 0 Å². The summed E-state index contributed by atoms with van der Waals surface area (Å²) >= 11 is 0. The van der Waals surface area contributed by atoms with Gasteiger partial charge in [0.25, 0.3) is 0 Å². The molecule has 0 bridgehead atoms. The van der Waals surface area contributed by atoms with Crippen LogP contribution in [0.5, 0.6) is 0 Å². The Kier molecular flexibility index (Phi) is 3.37. The molecule has 0 radical (unpaired) electrons. The molecule has 1 rings (SSSR count). The second-order valence-corrected chi connectivity index (χ2v) is 4.29. The summed E-state index contributed by atoms with van der Waals surface area (Å²) in [6.45, 7) is 0.248. The van der Waals surface area contributed by atoms with Crippen LogP contribution < -0.4 is 5.73 Å². The predicted octanol–water partition coefficient (Wildman–Crippen LogP) is -1.95. The van der Waals surface area contributed by atoms with E-state index in [2.05, 4.69) is 0 Å². The fourth-order valence-electron chi connectivity index (χ4n) is 2.03. The molecule has 0 aliphatic carbocycles. The lowest BCUT2D eigenvalue weighted by molar-refractivity contribution is -0.170. The molecule has 0 aromatic rings. The minimum absolute atomic E-state index is 0.0941. The highest BCUT2D eigenvalue weighted by atomic mass is 16.6. The largest absolute Gasteiger partial charge is 0.480 e. The third kappa shape index (κ3) is 1.84. The number of nitrogens with two attached hydrogens (primary N) is 1. The molecule has 0 saturated carbocycles. The monoisotopic (exact) mass is 250 g/mol. The first-order valence-corrected chi connectivity index (χ1v) is 5.27. The maximum Gasteiger partial charge on any atom is 0.326 e. The molecule has 0 aromatic heterocycles. The summed E-state index contributed by atoms with van der Waals surface area (Å²) in [5.41, 5.74) is 1.80. The average Bonchev–Trinajstić information content (AvgIpc) is 2.62. The van der Waals surface area contributed by atoms with Crippen molar-refractivity contribution < 1.29 is 31.3 Å². The standard InChI is InChI=1S/C10H19NO6/c1-3-10(11,8(15)16)9(2)7(14)6(13)5(4-12)17-9/h5-7,12-14H,3-4,11H2,1-2H3,(H,15,16)/t5-,6-,7+,9?,10?/m1/s1/i2D. The molecule has 0 spiro atoms. The zero-order chi connectivity index (χ0) is 14.1. The molecule has 7 heteroatoms. The van der Waals surface area contributed by atoms with Crippen LogP contribution in [0.4, 0.5) is 0 Å². The second-order valence-electron chi connectivity index (χ2n) is 4.29. The Morgan fingerprint density at radius 3 is 2.53 bits per heavy atom. The third-order valence-corrected chi connectivity index (χ3v) is 3.42. The van der Waals surface area contributed by atoms with Crippen molar-refractivity contribution in [3.8, 4) is 0 Å². The number of carboxylic acid groups (broad SMARTS) is 1. The van der Waals surface area contributed by atoms with Gasteiger partial charge >= 0.3 is 5.97 Å². The summed E-state index contributed by atoms with van der Waals surface area (Å²) in [6, 6.07) is 0. The predicted molar refractivity (Wildman–Crippen MR) is 57.2 cm³/mol. The van der Waals surface area contributed by atoms with Crippen LogP contribution in [-0.2, 0) is 9.53 Å². The van der Waals surface area contributed by atoms with Crippen molar-refractivity contribution in [1.29, 1.82) is 0 Å². The van der Waals surface area contributed by atoms with Crippen LogP contribution in [-0.4, -0.2) is 62.5 Å². The minimum Gasteiger partial charge on any atom is -0.480 e. The van der Waals surface area contributed by atoms with Gasteiger partial charge in [0.1, 0.15) is 29.5 Å². The first kappa shape index (κ1) is 12.7. The van der Waals surface area contributed by atoms with E-state index in [9.17, 15) is 20.1 Å². The highest BCUT2D eigenvalue weighted by Gasteiger charge is 2.63. The van der Waals surface area contributed by atoms with E-state index >= 15 is 0 Å². The molecule has 1 aliphatic heterocycles. The summed E-state index contributed by atoms with van der Waals surface area (Å²) in [5, 5.41) is 37.9. The highest BCUT2D eigenvalue weighted by molar-refractivity contribution is 5.80. The molecule has 0 amide bonds. The third-order valence-electron chi connectivity index (χ3n) is 3.42. The molecule has 17 heavy (non-hydrogen) atoms. The normalized spacial score (nSPS) is 41.9. The number of aliphatic carboxylic acids is 1. The van der Waals surface area contributed by atoms with Crippen molar-refractivity contribution in [3.05, 3.63) is 0 Å². The van der Waals surface area contributed by atoms with Gasteiger partial charge in [-0.05, 0) is 13.3 Å². The Morgan fingerprint density at radius 2 is 2.24 bits per heavy atom. The van der Waals surface area contributed by atoms with Crippen molar-refractivity contribution >= 4 is 5.97 Å². The van der Waals surface area contributed by atoms with Crippen LogP contribution in [0.1, 0.15) is 21.6 Å². The lowest BCUT2D eigenvalue weighted by Crippen LogP contribution is -2.68. The molecular formula is C10H19NO6. The van der Waals surface area contributed by atoms with E-state index < -0.39 is 48.9 Å². The van der Waals surface area contributed by atoms with Crippen LogP contribution >= 0.6 is 0 Å². The molecule has 6 N–H and O–H groups in total. The number of aliphatic hydroxyl groups excluding tert-OH is 3. The Bertz CT molecular complexity index is 329.